The van der Waals surface area contributed by atoms with Crippen molar-refractivity contribution in [3.05, 3.63) is 35.9 Å². The summed E-state index contributed by atoms with van der Waals surface area (Å²) in [6, 6.07) is 11.0. The van der Waals surface area contributed by atoms with E-state index in [0.717, 1.165) is 0 Å². The van der Waals surface area contributed by atoms with Crippen LogP contribution in [-0.2, 0) is 4.79 Å². The number of amides is 1. The topological polar surface area (TPSA) is 73.1 Å². The lowest BCUT2D eigenvalue weighted by Crippen LogP contribution is -2.29. The van der Waals surface area contributed by atoms with Crippen LogP contribution in [0.2, 0.25) is 0 Å². The standard InChI is InChI=1S/C14H18N2O2/c1-11(17)6-5-9-16-14(18)13(10-15)12-7-3-2-4-8-12/h2-4,7-8,11,13,17H,5-6,9H2,1H3,(H,16,18). The summed E-state index contributed by atoms with van der Waals surface area (Å²) in [5.74, 6) is -1.05. The molecule has 0 radical (unpaired) electrons. The molecule has 18 heavy (non-hydrogen) atoms. The van der Waals surface area contributed by atoms with Crippen molar-refractivity contribution in [2.24, 2.45) is 0 Å². The Kier molecular flexibility index (Phi) is 5.89. The number of carbonyl (C=O) groups is 1. The van der Waals surface area contributed by atoms with Crippen LogP contribution in [0.25, 0.3) is 0 Å². The number of rotatable bonds is 6. The highest BCUT2D eigenvalue weighted by Gasteiger charge is 2.18. The van der Waals surface area contributed by atoms with Gasteiger partial charge in [0, 0.05) is 6.54 Å². The quantitative estimate of drug-likeness (QED) is 0.748. The number of benzene rings is 1. The van der Waals surface area contributed by atoms with Crippen LogP contribution in [0.5, 0.6) is 0 Å². The maximum atomic E-state index is 11.8. The molecule has 4 nitrogen and oxygen atoms in total. The molecule has 0 spiro atoms. The maximum absolute atomic E-state index is 11.8. The Morgan fingerprint density at radius 1 is 1.44 bits per heavy atom. The van der Waals surface area contributed by atoms with Gasteiger partial charge in [0.2, 0.25) is 5.91 Å². The molecule has 0 aliphatic rings. The van der Waals surface area contributed by atoms with Gasteiger partial charge in [-0.05, 0) is 25.3 Å². The first-order valence-electron chi connectivity index (χ1n) is 6.05. The monoisotopic (exact) mass is 246 g/mol. The van der Waals surface area contributed by atoms with E-state index < -0.39 is 5.92 Å². The normalized spacial score (nSPS) is 13.4. The minimum absolute atomic E-state index is 0.283. The highest BCUT2D eigenvalue weighted by atomic mass is 16.3. The molecule has 0 saturated heterocycles. The number of nitriles is 1. The fourth-order valence-corrected chi connectivity index (χ4v) is 1.64. The lowest BCUT2D eigenvalue weighted by atomic mass is 10.00. The smallest absolute Gasteiger partial charge is 0.241 e. The van der Waals surface area contributed by atoms with E-state index in [0.29, 0.717) is 24.9 Å². The van der Waals surface area contributed by atoms with Crippen LogP contribution >= 0.6 is 0 Å². The first-order chi connectivity index (χ1) is 8.65. The molecule has 2 atom stereocenters. The molecule has 4 heteroatoms. The Hall–Kier alpha value is -1.86. The average Bonchev–Trinajstić information content (AvgIpc) is 2.36. The summed E-state index contributed by atoms with van der Waals surface area (Å²) in [5, 5.41) is 20.8. The average molecular weight is 246 g/mol. The summed E-state index contributed by atoms with van der Waals surface area (Å²) in [6.45, 7) is 2.19. The van der Waals surface area contributed by atoms with E-state index in [9.17, 15) is 4.79 Å². The molecule has 1 aromatic carbocycles. The Bertz CT molecular complexity index is 410. The third-order valence-corrected chi connectivity index (χ3v) is 2.62. The molecule has 0 aliphatic carbocycles. The molecule has 0 heterocycles. The van der Waals surface area contributed by atoms with E-state index in [1.54, 1.807) is 31.2 Å². The zero-order valence-electron chi connectivity index (χ0n) is 10.5. The van der Waals surface area contributed by atoms with Crippen molar-refractivity contribution in [2.45, 2.75) is 31.8 Å². The number of carbonyl (C=O) groups excluding carboxylic acids is 1. The van der Waals surface area contributed by atoms with Gasteiger partial charge in [0.1, 0.15) is 5.92 Å². The summed E-state index contributed by atoms with van der Waals surface area (Å²) in [6.07, 6.45) is 0.988. The minimum Gasteiger partial charge on any atom is -0.393 e. The SMILES string of the molecule is CC(O)CCCNC(=O)C(C#N)c1ccccc1. The van der Waals surface area contributed by atoms with E-state index in [-0.39, 0.29) is 12.0 Å². The van der Waals surface area contributed by atoms with Crippen LogP contribution in [0.1, 0.15) is 31.2 Å². The minimum atomic E-state index is -0.766. The molecular formula is C14H18N2O2. The van der Waals surface area contributed by atoms with Gasteiger partial charge in [-0.2, -0.15) is 5.26 Å². The van der Waals surface area contributed by atoms with Crippen LogP contribution in [0.4, 0.5) is 0 Å². The summed E-state index contributed by atoms with van der Waals surface area (Å²) < 4.78 is 0. The van der Waals surface area contributed by atoms with Gasteiger partial charge >= 0.3 is 0 Å². The van der Waals surface area contributed by atoms with Crippen molar-refractivity contribution in [3.8, 4) is 6.07 Å². The molecular weight excluding hydrogens is 228 g/mol. The van der Waals surface area contributed by atoms with Crippen LogP contribution in [-0.4, -0.2) is 23.7 Å². The Morgan fingerprint density at radius 2 is 2.11 bits per heavy atom. The van der Waals surface area contributed by atoms with Crippen LogP contribution < -0.4 is 5.32 Å². The van der Waals surface area contributed by atoms with Gasteiger partial charge in [-0.25, -0.2) is 0 Å². The number of aliphatic hydroxyl groups excluding tert-OH is 1. The van der Waals surface area contributed by atoms with Crippen molar-refractivity contribution in [2.75, 3.05) is 6.54 Å². The highest BCUT2D eigenvalue weighted by Crippen LogP contribution is 2.14. The van der Waals surface area contributed by atoms with Crippen molar-refractivity contribution in [1.29, 1.82) is 5.26 Å². The fraction of sp³-hybridized carbons (Fsp3) is 0.429. The second-order valence-electron chi connectivity index (χ2n) is 4.26. The highest BCUT2D eigenvalue weighted by molar-refractivity contribution is 5.86. The third kappa shape index (κ3) is 4.56. The van der Waals surface area contributed by atoms with Crippen molar-refractivity contribution in [3.63, 3.8) is 0 Å². The number of nitrogens with zero attached hydrogens (tertiary/aromatic N) is 1. The molecule has 1 aromatic rings. The van der Waals surface area contributed by atoms with Gasteiger partial charge in [-0.15, -0.1) is 0 Å². The largest absolute Gasteiger partial charge is 0.393 e. The van der Waals surface area contributed by atoms with Crippen LogP contribution in [0.15, 0.2) is 30.3 Å². The predicted octanol–water partition coefficient (Wildman–Crippen LogP) is 1.57. The van der Waals surface area contributed by atoms with E-state index in [1.807, 2.05) is 12.1 Å². The molecule has 1 amide bonds. The Labute approximate surface area is 107 Å². The molecule has 96 valence electrons. The summed E-state index contributed by atoms with van der Waals surface area (Å²) in [4.78, 5) is 11.8. The first kappa shape index (κ1) is 14.2. The van der Waals surface area contributed by atoms with Gasteiger partial charge < -0.3 is 10.4 Å². The molecule has 0 aromatic heterocycles. The van der Waals surface area contributed by atoms with Gasteiger partial charge in [0.05, 0.1) is 12.2 Å². The van der Waals surface area contributed by atoms with Crippen molar-refractivity contribution < 1.29 is 9.90 Å². The molecule has 0 saturated carbocycles. The summed E-state index contributed by atoms with van der Waals surface area (Å²) in [5.41, 5.74) is 0.702. The zero-order valence-corrected chi connectivity index (χ0v) is 10.5. The van der Waals surface area contributed by atoms with Crippen LogP contribution in [0, 0.1) is 11.3 Å². The lowest BCUT2D eigenvalue weighted by molar-refractivity contribution is -0.121. The predicted molar refractivity (Wildman–Crippen MR) is 68.7 cm³/mol. The van der Waals surface area contributed by atoms with E-state index in [4.69, 9.17) is 10.4 Å². The van der Waals surface area contributed by atoms with Gasteiger partial charge in [-0.3, -0.25) is 4.79 Å². The second-order valence-corrected chi connectivity index (χ2v) is 4.26. The molecule has 0 fully saturated rings. The number of hydrogen-bond acceptors (Lipinski definition) is 3. The summed E-state index contributed by atoms with van der Waals surface area (Å²) >= 11 is 0. The number of nitrogens with one attached hydrogen (secondary N) is 1. The van der Waals surface area contributed by atoms with Crippen molar-refractivity contribution in [1.82, 2.24) is 5.32 Å². The third-order valence-electron chi connectivity index (χ3n) is 2.62. The van der Waals surface area contributed by atoms with E-state index in [1.165, 1.54) is 0 Å². The molecule has 1 rings (SSSR count). The van der Waals surface area contributed by atoms with Crippen LogP contribution in [0.3, 0.4) is 0 Å². The number of aliphatic hydroxyl groups is 1. The van der Waals surface area contributed by atoms with Gasteiger partial charge in [0.25, 0.3) is 0 Å². The Balaban J connectivity index is 2.47. The van der Waals surface area contributed by atoms with E-state index in [2.05, 4.69) is 5.32 Å². The van der Waals surface area contributed by atoms with E-state index >= 15 is 0 Å². The Morgan fingerprint density at radius 3 is 2.67 bits per heavy atom. The second kappa shape index (κ2) is 7.46. The van der Waals surface area contributed by atoms with Crippen molar-refractivity contribution >= 4 is 5.91 Å². The van der Waals surface area contributed by atoms with Gasteiger partial charge in [-0.1, -0.05) is 30.3 Å². The molecule has 2 unspecified atom stereocenters. The molecule has 0 aliphatic heterocycles. The molecule has 0 bridgehead atoms. The lowest BCUT2D eigenvalue weighted by Gasteiger charge is -2.10. The zero-order chi connectivity index (χ0) is 13.4. The van der Waals surface area contributed by atoms with Gasteiger partial charge in [0.15, 0.2) is 0 Å². The molecule has 2 N–H and O–H groups in total. The summed E-state index contributed by atoms with van der Waals surface area (Å²) in [7, 11) is 0. The first-order valence-corrected chi connectivity index (χ1v) is 6.05. The fourth-order valence-electron chi connectivity index (χ4n) is 1.64. The maximum Gasteiger partial charge on any atom is 0.241 e. The number of hydrogen-bond donors (Lipinski definition) is 2.